The van der Waals surface area contributed by atoms with E-state index in [1.54, 1.807) is 0 Å². The van der Waals surface area contributed by atoms with Crippen molar-refractivity contribution < 1.29 is 4.52 Å². The summed E-state index contributed by atoms with van der Waals surface area (Å²) < 4.78 is 5.18. The van der Waals surface area contributed by atoms with Crippen LogP contribution in [0.3, 0.4) is 0 Å². The highest BCUT2D eigenvalue weighted by atomic mass is 16.5. The van der Waals surface area contributed by atoms with Gasteiger partial charge in [0.1, 0.15) is 0 Å². The van der Waals surface area contributed by atoms with Crippen molar-refractivity contribution in [1.82, 2.24) is 10.1 Å². The Morgan fingerprint density at radius 1 is 1.31 bits per heavy atom. The summed E-state index contributed by atoms with van der Waals surface area (Å²) in [5, 5.41) is 3.98. The fourth-order valence-electron chi connectivity index (χ4n) is 1.49. The van der Waals surface area contributed by atoms with Gasteiger partial charge in [0.2, 0.25) is 5.89 Å². The lowest BCUT2D eigenvalue weighted by atomic mass is 10.4. The molecule has 0 aliphatic heterocycles. The van der Waals surface area contributed by atoms with E-state index in [4.69, 9.17) is 4.52 Å². The van der Waals surface area contributed by atoms with Gasteiger partial charge in [-0.25, -0.2) is 0 Å². The molecule has 0 aromatic carbocycles. The largest absolute Gasteiger partial charge is 0.338 e. The van der Waals surface area contributed by atoms with Gasteiger partial charge in [-0.1, -0.05) is 0 Å². The van der Waals surface area contributed by atoms with Crippen molar-refractivity contribution >= 4 is 5.95 Å². The number of rotatable bonds is 3. The van der Waals surface area contributed by atoms with Crippen LogP contribution >= 0.6 is 0 Å². The van der Waals surface area contributed by atoms with Crippen molar-refractivity contribution in [3.63, 3.8) is 0 Å². The van der Waals surface area contributed by atoms with Crippen LogP contribution in [0, 0.1) is 0 Å². The molecule has 2 fully saturated rings. The van der Waals surface area contributed by atoms with Crippen LogP contribution in [0.2, 0.25) is 0 Å². The molecule has 0 amide bonds. The number of nitrogens with zero attached hydrogens (tertiary/aromatic N) is 3. The van der Waals surface area contributed by atoms with E-state index in [-0.39, 0.29) is 0 Å². The normalized spacial score (nSPS) is 21.9. The van der Waals surface area contributed by atoms with Crippen molar-refractivity contribution in [2.75, 3.05) is 11.9 Å². The maximum absolute atomic E-state index is 5.18. The molecule has 0 N–H and O–H groups in total. The number of hydrogen-bond donors (Lipinski definition) is 0. The van der Waals surface area contributed by atoms with Crippen LogP contribution in [0.15, 0.2) is 4.52 Å². The Morgan fingerprint density at radius 2 is 2.08 bits per heavy atom. The molecule has 1 heterocycles. The smallest absolute Gasteiger partial charge is 0.266 e. The van der Waals surface area contributed by atoms with Gasteiger partial charge in [0.05, 0.1) is 0 Å². The van der Waals surface area contributed by atoms with E-state index in [1.807, 2.05) is 7.05 Å². The summed E-state index contributed by atoms with van der Waals surface area (Å²) in [5.41, 5.74) is 0. The van der Waals surface area contributed by atoms with Crippen LogP contribution in [0.25, 0.3) is 0 Å². The van der Waals surface area contributed by atoms with E-state index >= 15 is 0 Å². The van der Waals surface area contributed by atoms with Crippen LogP contribution in [0.4, 0.5) is 5.95 Å². The van der Waals surface area contributed by atoms with Crippen molar-refractivity contribution in [2.24, 2.45) is 0 Å². The van der Waals surface area contributed by atoms with Crippen molar-refractivity contribution in [1.29, 1.82) is 0 Å². The SMILES string of the molecule is CN(c1noc(C2CC2)n1)C1CC1. The fourth-order valence-corrected chi connectivity index (χ4v) is 1.49. The lowest BCUT2D eigenvalue weighted by Crippen LogP contribution is -2.20. The van der Waals surface area contributed by atoms with Crippen LogP contribution in [0.5, 0.6) is 0 Å². The van der Waals surface area contributed by atoms with E-state index in [0.717, 1.165) is 11.8 Å². The average Bonchev–Trinajstić information content (AvgIpc) is 3.02. The molecule has 0 unspecified atom stereocenters. The van der Waals surface area contributed by atoms with Gasteiger partial charge in [-0.2, -0.15) is 4.98 Å². The van der Waals surface area contributed by atoms with E-state index in [1.165, 1.54) is 25.7 Å². The van der Waals surface area contributed by atoms with Gasteiger partial charge in [0, 0.05) is 19.0 Å². The highest BCUT2D eigenvalue weighted by Gasteiger charge is 2.33. The van der Waals surface area contributed by atoms with E-state index < -0.39 is 0 Å². The summed E-state index contributed by atoms with van der Waals surface area (Å²) in [6.45, 7) is 0. The molecule has 0 bridgehead atoms. The lowest BCUT2D eigenvalue weighted by molar-refractivity contribution is 0.378. The maximum atomic E-state index is 5.18. The Labute approximate surface area is 76.9 Å². The van der Waals surface area contributed by atoms with Crippen molar-refractivity contribution in [3.05, 3.63) is 5.89 Å². The van der Waals surface area contributed by atoms with Gasteiger partial charge >= 0.3 is 0 Å². The van der Waals surface area contributed by atoms with Gasteiger partial charge in [0.25, 0.3) is 5.95 Å². The molecule has 0 atom stereocenters. The Morgan fingerprint density at radius 3 is 2.69 bits per heavy atom. The Kier molecular flexibility index (Phi) is 1.39. The molecule has 1 aromatic rings. The highest BCUT2D eigenvalue weighted by Crippen LogP contribution is 2.40. The molecule has 2 aliphatic rings. The fraction of sp³-hybridized carbons (Fsp3) is 0.778. The minimum atomic E-state index is 0.564. The first-order valence-corrected chi connectivity index (χ1v) is 4.91. The molecule has 2 aliphatic carbocycles. The Hall–Kier alpha value is -1.06. The first-order chi connectivity index (χ1) is 6.34. The zero-order chi connectivity index (χ0) is 8.84. The molecule has 0 saturated heterocycles. The molecular formula is C9H13N3O. The second kappa shape index (κ2) is 2.47. The van der Waals surface area contributed by atoms with Gasteiger partial charge < -0.3 is 9.42 Å². The standard InChI is InChI=1S/C9H13N3O/c1-12(7-4-5-7)9-10-8(13-11-9)6-2-3-6/h6-7H,2-5H2,1H3. The van der Waals surface area contributed by atoms with E-state index in [2.05, 4.69) is 15.0 Å². The van der Waals surface area contributed by atoms with Crippen LogP contribution in [-0.2, 0) is 0 Å². The molecular weight excluding hydrogens is 166 g/mol. The lowest BCUT2D eigenvalue weighted by Gasteiger charge is -2.11. The summed E-state index contributed by atoms with van der Waals surface area (Å²) in [4.78, 5) is 6.50. The maximum Gasteiger partial charge on any atom is 0.266 e. The number of anilines is 1. The van der Waals surface area contributed by atoms with Gasteiger partial charge in [-0.05, 0) is 30.8 Å². The van der Waals surface area contributed by atoms with E-state index in [9.17, 15) is 0 Å². The van der Waals surface area contributed by atoms with Gasteiger partial charge in [-0.15, -0.1) is 0 Å². The third-order valence-electron chi connectivity index (χ3n) is 2.77. The highest BCUT2D eigenvalue weighted by molar-refractivity contribution is 5.31. The molecule has 0 radical (unpaired) electrons. The second-order valence-corrected chi connectivity index (χ2v) is 4.05. The van der Waals surface area contributed by atoms with Gasteiger partial charge in [-0.3, -0.25) is 0 Å². The predicted molar refractivity (Wildman–Crippen MR) is 47.7 cm³/mol. The second-order valence-electron chi connectivity index (χ2n) is 4.05. The third kappa shape index (κ3) is 1.30. The van der Waals surface area contributed by atoms with Crippen molar-refractivity contribution in [2.45, 2.75) is 37.6 Å². The quantitative estimate of drug-likeness (QED) is 0.706. The molecule has 3 rings (SSSR count). The predicted octanol–water partition coefficient (Wildman–Crippen LogP) is 1.55. The van der Waals surface area contributed by atoms with Crippen LogP contribution in [0.1, 0.15) is 37.5 Å². The molecule has 4 nitrogen and oxygen atoms in total. The molecule has 4 heteroatoms. The van der Waals surface area contributed by atoms with Gasteiger partial charge in [0.15, 0.2) is 0 Å². The molecule has 2 saturated carbocycles. The van der Waals surface area contributed by atoms with E-state index in [0.29, 0.717) is 12.0 Å². The first kappa shape index (κ1) is 7.35. The number of aromatic nitrogens is 2. The molecule has 70 valence electrons. The summed E-state index contributed by atoms with van der Waals surface area (Å²) in [5.74, 6) is 2.17. The topological polar surface area (TPSA) is 42.2 Å². The monoisotopic (exact) mass is 179 g/mol. The Balaban J connectivity index is 1.79. The summed E-state index contributed by atoms with van der Waals surface area (Å²) in [6.07, 6.45) is 4.97. The average molecular weight is 179 g/mol. The minimum Gasteiger partial charge on any atom is -0.338 e. The summed E-state index contributed by atoms with van der Waals surface area (Å²) in [7, 11) is 2.04. The summed E-state index contributed by atoms with van der Waals surface area (Å²) >= 11 is 0. The van der Waals surface area contributed by atoms with Crippen LogP contribution in [-0.4, -0.2) is 23.2 Å². The number of hydrogen-bond acceptors (Lipinski definition) is 4. The molecule has 1 aromatic heterocycles. The first-order valence-electron chi connectivity index (χ1n) is 4.91. The zero-order valence-corrected chi connectivity index (χ0v) is 7.73. The minimum absolute atomic E-state index is 0.564. The van der Waals surface area contributed by atoms with Crippen LogP contribution < -0.4 is 4.90 Å². The summed E-state index contributed by atoms with van der Waals surface area (Å²) in [6, 6.07) is 0.657. The molecule has 0 spiro atoms. The third-order valence-corrected chi connectivity index (χ3v) is 2.77. The molecule has 13 heavy (non-hydrogen) atoms. The van der Waals surface area contributed by atoms with Crippen molar-refractivity contribution in [3.8, 4) is 0 Å². The Bertz CT molecular complexity index is 314. The zero-order valence-electron chi connectivity index (χ0n) is 7.73.